The van der Waals surface area contributed by atoms with Crippen molar-refractivity contribution in [1.29, 1.82) is 0 Å². The predicted molar refractivity (Wildman–Crippen MR) is 90.3 cm³/mol. The first-order valence-corrected chi connectivity index (χ1v) is 8.27. The molecule has 0 amide bonds. The van der Waals surface area contributed by atoms with E-state index in [4.69, 9.17) is 9.47 Å². The zero-order valence-electron chi connectivity index (χ0n) is 13.3. The van der Waals surface area contributed by atoms with Crippen molar-refractivity contribution in [3.63, 3.8) is 0 Å². The molecule has 2 aliphatic carbocycles. The molecule has 0 unspecified atom stereocenters. The first kappa shape index (κ1) is 14.7. The van der Waals surface area contributed by atoms with Gasteiger partial charge in [-0.2, -0.15) is 0 Å². The molecule has 1 fully saturated rings. The second-order valence-corrected chi connectivity index (χ2v) is 6.65. The smallest absolute Gasteiger partial charge is 0.287 e. The Morgan fingerprint density at radius 1 is 1.04 bits per heavy atom. The van der Waals surface area contributed by atoms with Crippen LogP contribution in [0.1, 0.15) is 6.42 Å². The van der Waals surface area contributed by atoms with E-state index in [1.807, 2.05) is 36.4 Å². The molecule has 126 valence electrons. The van der Waals surface area contributed by atoms with Crippen molar-refractivity contribution in [1.82, 2.24) is 0 Å². The van der Waals surface area contributed by atoms with Gasteiger partial charge in [0.15, 0.2) is 5.78 Å². The highest BCUT2D eigenvalue weighted by Crippen LogP contribution is 2.50. The number of rotatable bonds is 0. The summed E-state index contributed by atoms with van der Waals surface area (Å²) in [4.78, 5) is 12.4. The molecule has 1 saturated carbocycles. The molecule has 2 N–H and O–H groups in total. The lowest BCUT2D eigenvalue weighted by Gasteiger charge is -2.50. The topological polar surface area (TPSA) is 76.0 Å². The van der Waals surface area contributed by atoms with E-state index >= 15 is 0 Å². The predicted octanol–water partition coefficient (Wildman–Crippen LogP) is 2.11. The Morgan fingerprint density at radius 2 is 1.72 bits per heavy atom. The summed E-state index contributed by atoms with van der Waals surface area (Å²) in [6, 6.07) is 11.3. The van der Waals surface area contributed by atoms with Gasteiger partial charge in [-0.25, -0.2) is 0 Å². The highest BCUT2D eigenvalue weighted by molar-refractivity contribution is 5.99. The van der Waals surface area contributed by atoms with Crippen LogP contribution >= 0.6 is 0 Å². The fourth-order valence-electron chi connectivity index (χ4n) is 4.11. The average molecular weight is 336 g/mol. The van der Waals surface area contributed by atoms with E-state index in [1.165, 1.54) is 0 Å². The maximum absolute atomic E-state index is 12.4. The molecule has 0 saturated heterocycles. The van der Waals surface area contributed by atoms with Gasteiger partial charge in [0.1, 0.15) is 17.6 Å². The third kappa shape index (κ3) is 1.88. The van der Waals surface area contributed by atoms with Crippen LogP contribution in [0.3, 0.4) is 0 Å². The number of carbonyl (C=O) groups is 1. The van der Waals surface area contributed by atoms with Crippen LogP contribution in [0, 0.1) is 5.92 Å². The largest absolute Gasteiger partial charge is 0.448 e. The third-order valence-corrected chi connectivity index (χ3v) is 5.23. The number of fused-ring (bicyclic) bond motifs is 2. The number of benzene rings is 2. The summed E-state index contributed by atoms with van der Waals surface area (Å²) < 4.78 is 12.3. The Bertz CT molecular complexity index is 917. The lowest BCUT2D eigenvalue weighted by atomic mass is 9.71. The first-order chi connectivity index (χ1) is 12.1. The van der Waals surface area contributed by atoms with Gasteiger partial charge in [-0.05, 0) is 17.5 Å². The van der Waals surface area contributed by atoms with Crippen molar-refractivity contribution in [3.8, 4) is 11.5 Å². The molecule has 0 radical (unpaired) electrons. The van der Waals surface area contributed by atoms with Gasteiger partial charge >= 0.3 is 0 Å². The summed E-state index contributed by atoms with van der Waals surface area (Å²) in [5.74, 6) is -1.37. The summed E-state index contributed by atoms with van der Waals surface area (Å²) in [6.07, 6.45) is 2.62. The Kier molecular flexibility index (Phi) is 2.90. The van der Waals surface area contributed by atoms with Crippen LogP contribution in [0.25, 0.3) is 10.8 Å². The van der Waals surface area contributed by atoms with Crippen LogP contribution in [0.15, 0.2) is 60.2 Å². The van der Waals surface area contributed by atoms with E-state index in [1.54, 1.807) is 18.2 Å². The summed E-state index contributed by atoms with van der Waals surface area (Å²) in [5, 5.41) is 23.1. The molecule has 5 rings (SSSR count). The second kappa shape index (κ2) is 4.94. The van der Waals surface area contributed by atoms with E-state index in [-0.39, 0.29) is 12.2 Å². The van der Waals surface area contributed by atoms with E-state index in [2.05, 4.69) is 0 Å². The van der Waals surface area contributed by atoms with Crippen molar-refractivity contribution in [2.45, 2.75) is 24.4 Å². The van der Waals surface area contributed by atoms with Crippen LogP contribution in [0.4, 0.5) is 0 Å². The fraction of sp³-hybridized carbons (Fsp3) is 0.250. The molecule has 2 aromatic rings. The lowest BCUT2D eigenvalue weighted by molar-refractivity contribution is -0.235. The van der Waals surface area contributed by atoms with E-state index in [0.29, 0.717) is 17.1 Å². The standard InChI is InChI=1S/C20H16O5/c21-13-7-3-6-12-14(22)10-17(23)20(19(12)13)24-15-8-1-4-11-5-2-9-16(25-20)18(11)15/h1-9,13,17,19,21,23H,10H2/t13-,17-,19+/m1/s1. The minimum atomic E-state index is -1.54. The number of hydrogen-bond acceptors (Lipinski definition) is 5. The average Bonchev–Trinajstić information content (AvgIpc) is 2.60. The number of ketones is 1. The minimum absolute atomic E-state index is 0.110. The van der Waals surface area contributed by atoms with Crippen molar-refractivity contribution in [2.24, 2.45) is 5.92 Å². The Hall–Kier alpha value is -2.63. The SMILES string of the molecule is O=C1C[C@@H](O)C2(Oc3cccc4cccc(c34)O2)[C@H]2C1=CC=C[C@H]2O. The molecular formula is C20H16O5. The summed E-state index contributed by atoms with van der Waals surface area (Å²) >= 11 is 0. The van der Waals surface area contributed by atoms with Gasteiger partial charge in [0.25, 0.3) is 5.79 Å². The number of carbonyl (C=O) groups excluding carboxylic acids is 1. The number of aliphatic hydroxyl groups is 2. The zero-order valence-corrected chi connectivity index (χ0v) is 13.3. The third-order valence-electron chi connectivity index (χ3n) is 5.23. The second-order valence-electron chi connectivity index (χ2n) is 6.65. The monoisotopic (exact) mass is 336 g/mol. The number of hydrogen-bond donors (Lipinski definition) is 2. The molecular weight excluding hydrogens is 320 g/mol. The molecule has 25 heavy (non-hydrogen) atoms. The fourth-order valence-corrected chi connectivity index (χ4v) is 4.11. The van der Waals surface area contributed by atoms with Gasteiger partial charge in [-0.15, -0.1) is 0 Å². The molecule has 5 heteroatoms. The maximum atomic E-state index is 12.4. The van der Waals surface area contributed by atoms with Crippen molar-refractivity contribution < 1.29 is 24.5 Å². The Balaban J connectivity index is 1.72. The summed E-state index contributed by atoms with van der Waals surface area (Å²) in [5.41, 5.74) is 0.423. The Morgan fingerprint density at radius 3 is 2.40 bits per heavy atom. The molecule has 1 aliphatic heterocycles. The van der Waals surface area contributed by atoms with Gasteiger partial charge in [0, 0.05) is 12.0 Å². The van der Waals surface area contributed by atoms with Gasteiger partial charge in [-0.1, -0.05) is 42.5 Å². The lowest BCUT2D eigenvalue weighted by Crippen LogP contribution is -2.66. The highest BCUT2D eigenvalue weighted by Gasteiger charge is 2.60. The van der Waals surface area contributed by atoms with E-state index in [9.17, 15) is 15.0 Å². The van der Waals surface area contributed by atoms with Crippen molar-refractivity contribution in [3.05, 3.63) is 60.2 Å². The quantitative estimate of drug-likeness (QED) is 0.771. The van der Waals surface area contributed by atoms with Gasteiger partial charge < -0.3 is 19.7 Å². The maximum Gasteiger partial charge on any atom is 0.287 e. The molecule has 3 aliphatic rings. The van der Waals surface area contributed by atoms with Crippen molar-refractivity contribution >= 4 is 16.6 Å². The van der Waals surface area contributed by atoms with E-state index < -0.39 is 23.9 Å². The zero-order chi connectivity index (χ0) is 17.2. The van der Waals surface area contributed by atoms with Crippen LogP contribution in [0.5, 0.6) is 11.5 Å². The number of aliphatic hydroxyl groups excluding tert-OH is 2. The van der Waals surface area contributed by atoms with Gasteiger partial charge in [-0.3, -0.25) is 4.79 Å². The number of ether oxygens (including phenoxy) is 2. The molecule has 2 aromatic carbocycles. The van der Waals surface area contributed by atoms with Crippen LogP contribution < -0.4 is 9.47 Å². The van der Waals surface area contributed by atoms with Crippen LogP contribution in [-0.4, -0.2) is 34.0 Å². The van der Waals surface area contributed by atoms with E-state index in [0.717, 1.165) is 10.8 Å². The normalized spacial score (nSPS) is 29.0. The molecule has 1 heterocycles. The Labute approximate surface area is 143 Å². The molecule has 1 spiro atoms. The van der Waals surface area contributed by atoms with Gasteiger partial charge in [0.2, 0.25) is 0 Å². The first-order valence-electron chi connectivity index (χ1n) is 8.27. The summed E-state index contributed by atoms with van der Waals surface area (Å²) in [7, 11) is 0. The summed E-state index contributed by atoms with van der Waals surface area (Å²) in [6.45, 7) is 0. The van der Waals surface area contributed by atoms with Crippen LogP contribution in [-0.2, 0) is 4.79 Å². The number of allylic oxidation sites excluding steroid dienone is 2. The van der Waals surface area contributed by atoms with Crippen LogP contribution in [0.2, 0.25) is 0 Å². The molecule has 0 bridgehead atoms. The highest BCUT2D eigenvalue weighted by atomic mass is 16.7. The molecule has 0 aromatic heterocycles. The molecule has 5 nitrogen and oxygen atoms in total. The molecule has 3 atom stereocenters. The van der Waals surface area contributed by atoms with Gasteiger partial charge in [0.05, 0.1) is 17.4 Å². The number of Topliss-reactive ketones (excluding diaryl/α,β-unsaturated/α-hetero) is 1. The van der Waals surface area contributed by atoms with Crippen molar-refractivity contribution in [2.75, 3.05) is 0 Å². The minimum Gasteiger partial charge on any atom is -0.448 e.